The molecule has 0 heterocycles. The fourth-order valence-corrected chi connectivity index (χ4v) is 2.40. The van der Waals surface area contributed by atoms with Gasteiger partial charge in [-0.1, -0.05) is 24.0 Å². The smallest absolute Gasteiger partial charge is 0.269 e. The third kappa shape index (κ3) is 6.03. The third-order valence-corrected chi connectivity index (χ3v) is 4.25. The van der Waals surface area contributed by atoms with E-state index in [1.165, 1.54) is 24.3 Å². The van der Waals surface area contributed by atoms with Gasteiger partial charge in [0.2, 0.25) is 0 Å². The van der Waals surface area contributed by atoms with Crippen molar-refractivity contribution in [3.05, 3.63) is 65.2 Å². The first kappa shape index (κ1) is 23.4. The SMILES string of the molecule is CC(O)(C(F)F)[C@H](NC(=O)c1ccc(C#CC#Cc2ccccc2N)cc1)C(=O)NO. The van der Waals surface area contributed by atoms with E-state index >= 15 is 0 Å². The van der Waals surface area contributed by atoms with E-state index in [-0.39, 0.29) is 5.56 Å². The first-order chi connectivity index (χ1) is 14.7. The molecule has 0 aromatic heterocycles. The lowest BCUT2D eigenvalue weighted by Crippen LogP contribution is -2.61. The van der Waals surface area contributed by atoms with Crippen molar-refractivity contribution in [2.45, 2.75) is 25.0 Å². The van der Waals surface area contributed by atoms with Crippen LogP contribution in [0.5, 0.6) is 0 Å². The highest BCUT2D eigenvalue weighted by Gasteiger charge is 2.46. The topological polar surface area (TPSA) is 125 Å². The van der Waals surface area contributed by atoms with Gasteiger partial charge in [0, 0.05) is 22.4 Å². The average molecular weight is 427 g/mol. The van der Waals surface area contributed by atoms with Gasteiger partial charge < -0.3 is 16.2 Å². The van der Waals surface area contributed by atoms with Gasteiger partial charge in [0.05, 0.1) is 0 Å². The van der Waals surface area contributed by atoms with Crippen LogP contribution in [0.2, 0.25) is 0 Å². The predicted octanol–water partition coefficient (Wildman–Crippen LogP) is 1.29. The Bertz CT molecular complexity index is 1080. The Morgan fingerprint density at radius 2 is 1.68 bits per heavy atom. The number of alkyl halides is 2. The van der Waals surface area contributed by atoms with E-state index in [0.717, 1.165) is 5.48 Å². The van der Waals surface area contributed by atoms with Crippen LogP contribution < -0.4 is 16.5 Å². The molecular weight excluding hydrogens is 408 g/mol. The molecule has 0 aliphatic rings. The number of carbonyl (C=O) groups is 2. The van der Waals surface area contributed by atoms with Gasteiger partial charge in [-0.25, -0.2) is 14.3 Å². The first-order valence-electron chi connectivity index (χ1n) is 8.88. The van der Waals surface area contributed by atoms with Gasteiger partial charge in [-0.3, -0.25) is 14.8 Å². The number of hydrogen-bond donors (Lipinski definition) is 5. The van der Waals surface area contributed by atoms with Crippen molar-refractivity contribution >= 4 is 17.5 Å². The maximum absolute atomic E-state index is 13.0. The molecule has 2 rings (SSSR count). The maximum atomic E-state index is 13.0. The molecule has 9 heteroatoms. The Morgan fingerprint density at radius 3 is 2.26 bits per heavy atom. The molecule has 0 saturated carbocycles. The molecule has 0 aliphatic carbocycles. The molecule has 7 nitrogen and oxygen atoms in total. The first-order valence-corrected chi connectivity index (χ1v) is 8.88. The summed E-state index contributed by atoms with van der Waals surface area (Å²) in [6.07, 6.45) is -3.36. The van der Waals surface area contributed by atoms with E-state index in [9.17, 15) is 23.5 Å². The number of nitrogen functional groups attached to an aromatic ring is 1. The molecule has 6 N–H and O–H groups in total. The summed E-state index contributed by atoms with van der Waals surface area (Å²) in [7, 11) is 0. The molecule has 2 aromatic carbocycles. The minimum Gasteiger partial charge on any atom is -0.398 e. The number of para-hydroxylation sites is 1. The van der Waals surface area contributed by atoms with Crippen LogP contribution in [0.4, 0.5) is 14.5 Å². The zero-order valence-electron chi connectivity index (χ0n) is 16.3. The van der Waals surface area contributed by atoms with Crippen molar-refractivity contribution < 1.29 is 28.7 Å². The number of amides is 2. The number of rotatable bonds is 5. The van der Waals surface area contributed by atoms with E-state index in [1.54, 1.807) is 24.3 Å². The number of anilines is 1. The van der Waals surface area contributed by atoms with E-state index in [1.807, 2.05) is 5.32 Å². The molecule has 0 spiro atoms. The van der Waals surface area contributed by atoms with Crippen molar-refractivity contribution in [1.29, 1.82) is 0 Å². The van der Waals surface area contributed by atoms with Crippen LogP contribution in [0.25, 0.3) is 0 Å². The van der Waals surface area contributed by atoms with Crippen LogP contribution in [0.3, 0.4) is 0 Å². The number of nitrogens with two attached hydrogens (primary N) is 1. The fourth-order valence-electron chi connectivity index (χ4n) is 2.40. The monoisotopic (exact) mass is 427 g/mol. The molecule has 0 bridgehead atoms. The van der Waals surface area contributed by atoms with Gasteiger partial charge in [-0.15, -0.1) is 0 Å². The zero-order chi connectivity index (χ0) is 23.0. The second-order valence-corrected chi connectivity index (χ2v) is 6.57. The molecular formula is C22H19F2N3O4. The van der Waals surface area contributed by atoms with Crippen LogP contribution >= 0.6 is 0 Å². The summed E-state index contributed by atoms with van der Waals surface area (Å²) in [4.78, 5) is 24.0. The van der Waals surface area contributed by atoms with E-state index in [0.29, 0.717) is 23.7 Å². The fraction of sp³-hybridized carbons (Fsp3) is 0.182. The number of hydroxylamine groups is 1. The van der Waals surface area contributed by atoms with E-state index in [4.69, 9.17) is 10.9 Å². The lowest BCUT2D eigenvalue weighted by atomic mass is 9.95. The number of aliphatic hydroxyl groups is 1. The number of benzene rings is 2. The van der Waals surface area contributed by atoms with Crippen LogP contribution in [-0.2, 0) is 4.79 Å². The summed E-state index contributed by atoms with van der Waals surface area (Å²) in [6, 6.07) is 10.7. The number of carbonyl (C=O) groups excluding carboxylic acids is 2. The molecule has 160 valence electrons. The number of halogens is 2. The standard InChI is InChI=1S/C22H19F2N3O4/c1-22(30,21(23)24)18(20(29)27-31)26-19(28)16-12-10-14(11-13-16)6-2-3-7-15-8-4-5-9-17(15)25/h4-5,8-13,18,21,30-31H,25H2,1H3,(H,26,28)(H,27,29)/t18-,22?/m1/s1. The van der Waals surface area contributed by atoms with Gasteiger partial charge in [0.15, 0.2) is 5.60 Å². The molecule has 0 fully saturated rings. The maximum Gasteiger partial charge on any atom is 0.269 e. The minimum atomic E-state index is -3.36. The Hall–Kier alpha value is -3.92. The highest BCUT2D eigenvalue weighted by Crippen LogP contribution is 2.20. The van der Waals surface area contributed by atoms with Crippen LogP contribution in [0.15, 0.2) is 48.5 Å². The van der Waals surface area contributed by atoms with Crippen molar-refractivity contribution in [2.75, 3.05) is 5.73 Å². The van der Waals surface area contributed by atoms with Crippen LogP contribution in [0.1, 0.15) is 28.4 Å². The average Bonchev–Trinajstić information content (AvgIpc) is 2.75. The Morgan fingerprint density at radius 1 is 1.06 bits per heavy atom. The lowest BCUT2D eigenvalue weighted by molar-refractivity contribution is -0.149. The second kappa shape index (κ2) is 10.2. The van der Waals surface area contributed by atoms with Gasteiger partial charge in [-0.2, -0.15) is 0 Å². The number of nitrogens with one attached hydrogen (secondary N) is 2. The highest BCUT2D eigenvalue weighted by molar-refractivity contribution is 5.97. The second-order valence-electron chi connectivity index (χ2n) is 6.57. The summed E-state index contributed by atoms with van der Waals surface area (Å²) in [6.45, 7) is 0.667. The summed E-state index contributed by atoms with van der Waals surface area (Å²) < 4.78 is 26.1. The number of hydrogen-bond acceptors (Lipinski definition) is 5. The lowest BCUT2D eigenvalue weighted by Gasteiger charge is -2.30. The van der Waals surface area contributed by atoms with E-state index in [2.05, 4.69) is 23.7 Å². The van der Waals surface area contributed by atoms with Crippen LogP contribution in [0, 0.1) is 23.7 Å². The van der Waals surface area contributed by atoms with Gasteiger partial charge in [0.1, 0.15) is 6.04 Å². The van der Waals surface area contributed by atoms with Crippen molar-refractivity contribution in [3.63, 3.8) is 0 Å². The predicted molar refractivity (Wildman–Crippen MR) is 109 cm³/mol. The molecule has 2 atom stereocenters. The van der Waals surface area contributed by atoms with Gasteiger partial charge in [-0.05, 0) is 55.2 Å². The third-order valence-electron chi connectivity index (χ3n) is 4.25. The molecule has 2 amide bonds. The summed E-state index contributed by atoms with van der Waals surface area (Å²) in [5.41, 5.74) is 5.75. The van der Waals surface area contributed by atoms with Crippen molar-refractivity contribution in [2.24, 2.45) is 0 Å². The Balaban J connectivity index is 2.12. The van der Waals surface area contributed by atoms with Crippen LogP contribution in [-0.4, -0.2) is 40.2 Å². The molecule has 0 saturated heterocycles. The zero-order valence-corrected chi connectivity index (χ0v) is 16.3. The minimum absolute atomic E-state index is 0.0227. The molecule has 1 unspecified atom stereocenters. The highest BCUT2D eigenvalue weighted by atomic mass is 19.3. The summed E-state index contributed by atoms with van der Waals surface area (Å²) in [5.74, 6) is 8.61. The molecule has 0 aliphatic heterocycles. The van der Waals surface area contributed by atoms with Gasteiger partial charge >= 0.3 is 0 Å². The largest absolute Gasteiger partial charge is 0.398 e. The molecule has 31 heavy (non-hydrogen) atoms. The molecule has 2 aromatic rings. The van der Waals surface area contributed by atoms with Crippen molar-refractivity contribution in [1.82, 2.24) is 10.8 Å². The molecule has 0 radical (unpaired) electrons. The Kier molecular flexibility index (Phi) is 7.70. The van der Waals surface area contributed by atoms with E-state index < -0.39 is 29.9 Å². The quantitative estimate of drug-likeness (QED) is 0.213. The summed E-state index contributed by atoms with van der Waals surface area (Å²) >= 11 is 0. The normalized spacial score (nSPS) is 13.0. The summed E-state index contributed by atoms with van der Waals surface area (Å²) in [5, 5.41) is 20.5. The van der Waals surface area contributed by atoms with Gasteiger partial charge in [0.25, 0.3) is 18.2 Å². The van der Waals surface area contributed by atoms with Crippen molar-refractivity contribution in [3.8, 4) is 23.7 Å². The Labute approximate surface area is 177 Å².